The van der Waals surface area contributed by atoms with E-state index < -0.39 is 57.7 Å². The number of aliphatic imine (C=N–C) groups is 1. The minimum absolute atomic E-state index is 0.121. The van der Waals surface area contributed by atoms with Crippen LogP contribution in [0.3, 0.4) is 0 Å². The number of rotatable bonds is 7. The summed E-state index contributed by atoms with van der Waals surface area (Å²) in [4.78, 5) is 26.4. The third-order valence-corrected chi connectivity index (χ3v) is 3.24. The molecule has 27 heavy (non-hydrogen) atoms. The van der Waals surface area contributed by atoms with Gasteiger partial charge in [-0.25, -0.2) is 22.4 Å². The summed E-state index contributed by atoms with van der Waals surface area (Å²) in [5, 5.41) is 10.2. The first kappa shape index (κ1) is 22.1. The Morgan fingerprint density at radius 3 is 2.22 bits per heavy atom. The van der Waals surface area contributed by atoms with Crippen molar-refractivity contribution in [2.75, 3.05) is 19.8 Å². The molecule has 0 aromatic heterocycles. The van der Waals surface area contributed by atoms with Gasteiger partial charge in [-0.3, -0.25) is 9.79 Å². The van der Waals surface area contributed by atoms with Gasteiger partial charge in [-0.15, -0.1) is 0 Å². The van der Waals surface area contributed by atoms with Crippen molar-refractivity contribution >= 4 is 23.9 Å². The molecule has 0 amide bonds. The molecule has 148 valence electrons. The van der Waals surface area contributed by atoms with E-state index in [2.05, 4.69) is 14.5 Å². The topological polar surface area (TPSA) is 85.2 Å². The molecule has 1 aromatic rings. The van der Waals surface area contributed by atoms with Crippen LogP contribution in [0, 0.1) is 30.2 Å². The number of carbonyl (C=O) groups is 2. The minimum Gasteiger partial charge on any atom is -0.506 e. The smallest absolute Gasteiger partial charge is 0.343 e. The van der Waals surface area contributed by atoms with E-state index in [0.717, 1.165) is 13.1 Å². The normalized spacial score (nSPS) is 12.1. The maximum Gasteiger partial charge on any atom is 0.343 e. The third-order valence-electron chi connectivity index (χ3n) is 3.24. The van der Waals surface area contributed by atoms with Gasteiger partial charge in [0.2, 0.25) is 0 Å². The zero-order valence-electron chi connectivity index (χ0n) is 14.7. The first-order chi connectivity index (χ1) is 12.6. The SMILES string of the molecule is CCOC(=O)/C(C=NCCOC(C)=O)=C(\O)c1c(C)c(F)c(F)c(F)c1F. The third kappa shape index (κ3) is 5.28. The summed E-state index contributed by atoms with van der Waals surface area (Å²) in [5.41, 5.74) is -2.51. The van der Waals surface area contributed by atoms with Crippen LogP contribution in [0.5, 0.6) is 0 Å². The van der Waals surface area contributed by atoms with Crippen molar-refractivity contribution in [2.45, 2.75) is 20.8 Å². The average Bonchev–Trinajstić information content (AvgIpc) is 2.61. The fourth-order valence-corrected chi connectivity index (χ4v) is 1.97. The second-order valence-electron chi connectivity index (χ2n) is 5.11. The number of aliphatic hydroxyl groups is 1. The molecule has 0 fully saturated rings. The number of aliphatic hydroxyl groups excluding tert-OH is 1. The molecule has 0 bridgehead atoms. The van der Waals surface area contributed by atoms with Crippen LogP contribution >= 0.6 is 0 Å². The van der Waals surface area contributed by atoms with E-state index >= 15 is 0 Å². The summed E-state index contributed by atoms with van der Waals surface area (Å²) in [6.45, 7) is 3.13. The predicted octanol–water partition coefficient (Wildman–Crippen LogP) is 3.02. The Labute approximate surface area is 152 Å². The van der Waals surface area contributed by atoms with Crippen molar-refractivity contribution in [3.05, 3.63) is 40.0 Å². The monoisotopic (exact) mass is 391 g/mol. The van der Waals surface area contributed by atoms with Gasteiger partial charge >= 0.3 is 11.9 Å². The molecule has 0 heterocycles. The van der Waals surface area contributed by atoms with E-state index in [-0.39, 0.29) is 19.8 Å². The summed E-state index contributed by atoms with van der Waals surface area (Å²) in [6.07, 6.45) is 0.773. The summed E-state index contributed by atoms with van der Waals surface area (Å²) >= 11 is 0. The molecule has 0 aliphatic carbocycles. The molecule has 0 atom stereocenters. The molecule has 0 saturated heterocycles. The van der Waals surface area contributed by atoms with E-state index in [4.69, 9.17) is 0 Å². The Balaban J connectivity index is 3.42. The molecular formula is C17H17F4NO5. The molecule has 1 N–H and O–H groups in total. The van der Waals surface area contributed by atoms with Gasteiger partial charge in [0.1, 0.15) is 17.9 Å². The Morgan fingerprint density at radius 1 is 1.07 bits per heavy atom. The van der Waals surface area contributed by atoms with Crippen LogP contribution in [0.25, 0.3) is 5.76 Å². The number of carbonyl (C=O) groups excluding carboxylic acids is 2. The highest BCUT2D eigenvalue weighted by Crippen LogP contribution is 2.29. The van der Waals surface area contributed by atoms with Crippen LogP contribution in [0.1, 0.15) is 25.0 Å². The van der Waals surface area contributed by atoms with E-state index in [0.29, 0.717) is 0 Å². The molecule has 0 aliphatic heterocycles. The van der Waals surface area contributed by atoms with Crippen molar-refractivity contribution in [1.29, 1.82) is 0 Å². The minimum atomic E-state index is -2.14. The molecule has 10 heteroatoms. The van der Waals surface area contributed by atoms with Crippen molar-refractivity contribution in [3.8, 4) is 0 Å². The number of hydrogen-bond donors (Lipinski definition) is 1. The summed E-state index contributed by atoms with van der Waals surface area (Å²) in [7, 11) is 0. The first-order valence-corrected chi connectivity index (χ1v) is 7.69. The van der Waals surface area contributed by atoms with Gasteiger partial charge in [0.05, 0.1) is 18.7 Å². The second-order valence-corrected chi connectivity index (χ2v) is 5.11. The fraction of sp³-hybridized carbons (Fsp3) is 0.353. The molecular weight excluding hydrogens is 374 g/mol. The maximum atomic E-state index is 14.1. The van der Waals surface area contributed by atoms with Gasteiger partial charge in [-0.1, -0.05) is 0 Å². The van der Waals surface area contributed by atoms with Gasteiger partial charge in [0.15, 0.2) is 23.3 Å². The number of benzene rings is 1. The van der Waals surface area contributed by atoms with Crippen molar-refractivity contribution < 1.29 is 41.7 Å². The number of nitrogens with zero attached hydrogens (tertiary/aromatic N) is 1. The molecule has 6 nitrogen and oxygen atoms in total. The number of halogens is 4. The van der Waals surface area contributed by atoms with Crippen LogP contribution in [0.2, 0.25) is 0 Å². The van der Waals surface area contributed by atoms with E-state index in [1.807, 2.05) is 0 Å². The Hall–Kier alpha value is -2.91. The molecule has 0 spiro atoms. The van der Waals surface area contributed by atoms with Crippen LogP contribution in [-0.4, -0.2) is 43.0 Å². The fourth-order valence-electron chi connectivity index (χ4n) is 1.97. The zero-order valence-corrected chi connectivity index (χ0v) is 14.7. The van der Waals surface area contributed by atoms with Crippen LogP contribution in [-0.2, 0) is 19.1 Å². The Kier molecular flexibility index (Phi) is 7.95. The maximum absolute atomic E-state index is 14.1. The van der Waals surface area contributed by atoms with Gasteiger partial charge in [-0.2, -0.15) is 0 Å². The summed E-state index contributed by atoms with van der Waals surface area (Å²) < 4.78 is 63.9. The molecule has 0 unspecified atom stereocenters. The van der Waals surface area contributed by atoms with Gasteiger partial charge in [0, 0.05) is 18.7 Å². The molecule has 0 saturated carbocycles. The lowest BCUT2D eigenvalue weighted by atomic mass is 10.0. The van der Waals surface area contributed by atoms with Gasteiger partial charge < -0.3 is 14.6 Å². The lowest BCUT2D eigenvalue weighted by Crippen LogP contribution is -2.14. The largest absolute Gasteiger partial charge is 0.506 e. The number of esters is 2. The summed E-state index contributed by atoms with van der Waals surface area (Å²) in [6, 6.07) is 0. The van der Waals surface area contributed by atoms with Crippen LogP contribution in [0.4, 0.5) is 17.6 Å². The number of ether oxygens (including phenoxy) is 2. The quantitative estimate of drug-likeness (QED) is 0.113. The molecule has 1 aromatic carbocycles. The Morgan fingerprint density at radius 2 is 1.67 bits per heavy atom. The highest BCUT2D eigenvalue weighted by molar-refractivity contribution is 6.15. The lowest BCUT2D eigenvalue weighted by molar-refractivity contribution is -0.140. The van der Waals surface area contributed by atoms with Gasteiger partial charge in [0.25, 0.3) is 0 Å². The highest BCUT2D eigenvalue weighted by atomic mass is 19.2. The van der Waals surface area contributed by atoms with Crippen molar-refractivity contribution in [2.24, 2.45) is 4.99 Å². The highest BCUT2D eigenvalue weighted by Gasteiger charge is 2.28. The van der Waals surface area contributed by atoms with E-state index in [1.54, 1.807) is 0 Å². The Bertz CT molecular complexity index is 776. The van der Waals surface area contributed by atoms with Crippen molar-refractivity contribution in [3.63, 3.8) is 0 Å². The van der Waals surface area contributed by atoms with E-state index in [9.17, 15) is 32.3 Å². The molecule has 1 rings (SSSR count). The first-order valence-electron chi connectivity index (χ1n) is 7.69. The summed E-state index contributed by atoms with van der Waals surface area (Å²) in [5.74, 6) is -10.7. The number of hydrogen-bond acceptors (Lipinski definition) is 6. The standard InChI is InChI=1S/C17H17F4NO5/c1-4-26-17(25)10(7-22-5-6-27-9(3)23)16(24)11-8(2)12(18)14(20)15(21)13(11)19/h7,24H,4-6H2,1-3H3/b16-10-,22-7?. The van der Waals surface area contributed by atoms with E-state index in [1.165, 1.54) is 13.8 Å². The van der Waals surface area contributed by atoms with Gasteiger partial charge in [-0.05, 0) is 13.8 Å². The lowest BCUT2D eigenvalue weighted by Gasteiger charge is -2.12. The second kappa shape index (κ2) is 9.70. The van der Waals surface area contributed by atoms with Crippen LogP contribution in [0.15, 0.2) is 10.6 Å². The molecule has 0 radical (unpaired) electrons. The predicted molar refractivity (Wildman–Crippen MR) is 87.2 cm³/mol. The average molecular weight is 391 g/mol. The molecule has 0 aliphatic rings. The zero-order chi connectivity index (χ0) is 20.7. The van der Waals surface area contributed by atoms with Crippen LogP contribution < -0.4 is 0 Å². The van der Waals surface area contributed by atoms with Crippen molar-refractivity contribution in [1.82, 2.24) is 0 Å².